The third kappa shape index (κ3) is 51.4. The van der Waals surface area contributed by atoms with Gasteiger partial charge in [0.1, 0.15) is 13.2 Å². The molecule has 0 N–H and O–H groups in total. The number of carbonyl (C=O) groups is 3. The van der Waals surface area contributed by atoms with E-state index in [2.05, 4.69) is 106 Å². The van der Waals surface area contributed by atoms with E-state index in [1.807, 2.05) is 0 Å². The van der Waals surface area contributed by atoms with Gasteiger partial charge in [0.05, 0.1) is 0 Å². The number of carbonyl (C=O) groups excluding carboxylic acids is 3. The molecule has 0 rings (SSSR count). The Balaban J connectivity index is 4.39. The molecule has 1 unspecified atom stereocenters. The summed E-state index contributed by atoms with van der Waals surface area (Å²) >= 11 is 0. The average Bonchev–Trinajstić information content (AvgIpc) is 3.30. The van der Waals surface area contributed by atoms with Crippen LogP contribution in [0.3, 0.4) is 0 Å². The number of allylic oxidation sites excluding steroid dienone is 14. The number of hydrogen-bond acceptors (Lipinski definition) is 6. The lowest BCUT2D eigenvalue weighted by atomic mass is 10.1. The Kier molecular flexibility index (Phi) is 50.4. The van der Waals surface area contributed by atoms with Crippen LogP contribution in [0.1, 0.15) is 252 Å². The van der Waals surface area contributed by atoms with Crippen LogP contribution in [0, 0.1) is 0 Å². The summed E-state index contributed by atoms with van der Waals surface area (Å²) in [5, 5.41) is 0. The first-order valence-corrected chi connectivity index (χ1v) is 27.1. The summed E-state index contributed by atoms with van der Waals surface area (Å²) in [6.45, 7) is 6.46. The number of rotatable bonds is 48. The van der Waals surface area contributed by atoms with Crippen LogP contribution in [0.25, 0.3) is 0 Å². The number of esters is 3. The Labute approximate surface area is 401 Å². The maximum absolute atomic E-state index is 12.8. The topological polar surface area (TPSA) is 78.9 Å². The number of hydrogen-bond donors (Lipinski definition) is 0. The third-order valence-electron chi connectivity index (χ3n) is 11.3. The van der Waals surface area contributed by atoms with Gasteiger partial charge < -0.3 is 14.2 Å². The minimum absolute atomic E-state index is 0.0944. The molecule has 0 amide bonds. The second-order valence-corrected chi connectivity index (χ2v) is 17.8. The van der Waals surface area contributed by atoms with Crippen molar-refractivity contribution in [3.05, 3.63) is 85.1 Å². The zero-order valence-corrected chi connectivity index (χ0v) is 42.5. The van der Waals surface area contributed by atoms with Gasteiger partial charge in [0.15, 0.2) is 6.10 Å². The highest BCUT2D eigenvalue weighted by Gasteiger charge is 2.19. The largest absolute Gasteiger partial charge is 0.462 e. The van der Waals surface area contributed by atoms with E-state index in [0.717, 1.165) is 141 Å². The highest BCUT2D eigenvalue weighted by atomic mass is 16.6. The van der Waals surface area contributed by atoms with E-state index in [9.17, 15) is 14.4 Å². The molecular weight excluding hydrogens is 805 g/mol. The van der Waals surface area contributed by atoms with Gasteiger partial charge in [-0.15, -0.1) is 0 Å². The summed E-state index contributed by atoms with van der Waals surface area (Å²) < 4.78 is 16.8. The molecule has 65 heavy (non-hydrogen) atoms. The summed E-state index contributed by atoms with van der Waals surface area (Å²) in [6, 6.07) is 0. The summed E-state index contributed by atoms with van der Waals surface area (Å²) in [5.41, 5.74) is 0. The highest BCUT2D eigenvalue weighted by Crippen LogP contribution is 2.14. The number of ether oxygens (including phenoxy) is 3. The van der Waals surface area contributed by atoms with Crippen LogP contribution in [0.4, 0.5) is 0 Å². The Morgan fingerprint density at radius 1 is 0.308 bits per heavy atom. The average molecular weight is 905 g/mol. The quantitative estimate of drug-likeness (QED) is 0.0262. The van der Waals surface area contributed by atoms with Crippen LogP contribution in [0.2, 0.25) is 0 Å². The predicted molar refractivity (Wildman–Crippen MR) is 279 cm³/mol. The minimum atomic E-state index is -0.795. The van der Waals surface area contributed by atoms with Crippen molar-refractivity contribution in [2.75, 3.05) is 13.2 Å². The molecule has 0 aliphatic carbocycles. The normalized spacial score (nSPS) is 12.7. The monoisotopic (exact) mass is 905 g/mol. The summed E-state index contributed by atoms with van der Waals surface area (Å²) in [5.74, 6) is -0.935. The van der Waals surface area contributed by atoms with Crippen LogP contribution < -0.4 is 0 Å². The molecule has 1 atom stereocenters. The molecule has 0 spiro atoms. The first kappa shape index (κ1) is 61.6. The van der Waals surface area contributed by atoms with E-state index in [1.54, 1.807) is 0 Å². The Morgan fingerprint density at radius 2 is 0.585 bits per heavy atom. The van der Waals surface area contributed by atoms with Gasteiger partial charge in [-0.2, -0.15) is 0 Å². The third-order valence-corrected chi connectivity index (χ3v) is 11.3. The van der Waals surface area contributed by atoms with Crippen LogP contribution >= 0.6 is 0 Å². The lowest BCUT2D eigenvalue weighted by Gasteiger charge is -2.18. The summed E-state index contributed by atoms with van der Waals surface area (Å²) in [7, 11) is 0. The number of unbranched alkanes of at least 4 members (excludes halogenated alkanes) is 23. The molecule has 0 aromatic rings. The van der Waals surface area contributed by atoms with E-state index >= 15 is 0 Å². The Bertz CT molecular complexity index is 1270. The van der Waals surface area contributed by atoms with Crippen molar-refractivity contribution in [2.24, 2.45) is 0 Å². The molecule has 6 heteroatoms. The van der Waals surface area contributed by atoms with E-state index in [0.29, 0.717) is 19.3 Å². The van der Waals surface area contributed by atoms with Crippen molar-refractivity contribution in [2.45, 2.75) is 258 Å². The molecule has 372 valence electrons. The SMILES string of the molecule is CCC/C=C\C/C=C\CCCCCCCC(=O)OCC(COC(=O)CCCCCCCC/C=C\C/C=C\C/C=C\CCCCCCC)OC(=O)CCCCCCC/C=C\C/C=C\CCC. The molecule has 0 aliphatic rings. The van der Waals surface area contributed by atoms with Gasteiger partial charge in [-0.25, -0.2) is 0 Å². The molecule has 0 fully saturated rings. The standard InChI is InChI=1S/C59H100O6/c1-4-7-10-13-16-19-22-25-26-27-28-29-30-31-32-35-37-40-43-46-49-52-58(61)64-55-56(65-59(62)53-50-47-44-41-38-34-24-21-18-15-12-9-6-3)54-63-57(60)51-48-45-42-39-36-33-23-20-17-14-11-8-5-2/h11-12,14-15,20-25,27-28,30-31,56H,4-10,13,16-19,26,29,32-55H2,1-3H3/b14-11-,15-12-,23-20-,24-21-,25-22-,28-27-,31-30-. The fourth-order valence-corrected chi connectivity index (χ4v) is 7.23. The first-order valence-electron chi connectivity index (χ1n) is 27.1. The maximum atomic E-state index is 12.8. The zero-order valence-electron chi connectivity index (χ0n) is 42.5. The molecule has 0 aromatic carbocycles. The zero-order chi connectivity index (χ0) is 47.2. The van der Waals surface area contributed by atoms with Crippen LogP contribution in [-0.2, 0) is 28.6 Å². The van der Waals surface area contributed by atoms with Gasteiger partial charge in [-0.3, -0.25) is 14.4 Å². The molecule has 0 aliphatic heterocycles. The van der Waals surface area contributed by atoms with Crippen molar-refractivity contribution in [1.29, 1.82) is 0 Å². The Hall–Kier alpha value is -3.41. The van der Waals surface area contributed by atoms with Crippen molar-refractivity contribution in [3.8, 4) is 0 Å². The van der Waals surface area contributed by atoms with Gasteiger partial charge >= 0.3 is 17.9 Å². The van der Waals surface area contributed by atoms with Gasteiger partial charge in [0.25, 0.3) is 0 Å². The van der Waals surface area contributed by atoms with Crippen LogP contribution in [0.5, 0.6) is 0 Å². The molecule has 0 bridgehead atoms. The molecule has 0 heterocycles. The van der Waals surface area contributed by atoms with E-state index in [1.165, 1.54) is 70.6 Å². The Morgan fingerprint density at radius 3 is 0.923 bits per heavy atom. The second kappa shape index (κ2) is 53.2. The van der Waals surface area contributed by atoms with Crippen molar-refractivity contribution in [3.63, 3.8) is 0 Å². The smallest absolute Gasteiger partial charge is 0.306 e. The summed E-state index contributed by atoms with van der Waals surface area (Å²) in [4.78, 5) is 38.0. The molecule has 0 radical (unpaired) electrons. The minimum Gasteiger partial charge on any atom is -0.462 e. The molecule has 0 aromatic heterocycles. The molecule has 6 nitrogen and oxygen atoms in total. The summed E-state index contributed by atoms with van der Waals surface area (Å²) in [6.07, 6.45) is 68.5. The highest BCUT2D eigenvalue weighted by molar-refractivity contribution is 5.71. The lowest BCUT2D eigenvalue weighted by molar-refractivity contribution is -0.167. The maximum Gasteiger partial charge on any atom is 0.306 e. The van der Waals surface area contributed by atoms with E-state index in [-0.39, 0.29) is 31.1 Å². The van der Waals surface area contributed by atoms with Gasteiger partial charge in [0, 0.05) is 19.3 Å². The van der Waals surface area contributed by atoms with Crippen LogP contribution in [-0.4, -0.2) is 37.2 Å². The molecule has 0 saturated carbocycles. The van der Waals surface area contributed by atoms with Crippen molar-refractivity contribution < 1.29 is 28.6 Å². The fourth-order valence-electron chi connectivity index (χ4n) is 7.23. The van der Waals surface area contributed by atoms with Gasteiger partial charge in [-0.1, -0.05) is 209 Å². The van der Waals surface area contributed by atoms with Crippen molar-refractivity contribution >= 4 is 17.9 Å². The lowest BCUT2D eigenvalue weighted by Crippen LogP contribution is -2.30. The first-order chi connectivity index (χ1) is 32.0. The van der Waals surface area contributed by atoms with Crippen molar-refractivity contribution in [1.82, 2.24) is 0 Å². The van der Waals surface area contributed by atoms with Gasteiger partial charge in [-0.05, 0) is 109 Å². The van der Waals surface area contributed by atoms with E-state index in [4.69, 9.17) is 14.2 Å². The fraction of sp³-hybridized carbons (Fsp3) is 0.712. The second-order valence-electron chi connectivity index (χ2n) is 17.8. The predicted octanol–water partition coefficient (Wildman–Crippen LogP) is 18.0. The van der Waals surface area contributed by atoms with Crippen LogP contribution in [0.15, 0.2) is 85.1 Å². The molecular formula is C59H100O6. The van der Waals surface area contributed by atoms with E-state index < -0.39 is 6.10 Å². The van der Waals surface area contributed by atoms with Gasteiger partial charge in [0.2, 0.25) is 0 Å². The molecule has 0 saturated heterocycles.